The minimum absolute atomic E-state index is 0.0999. The van der Waals surface area contributed by atoms with Gasteiger partial charge >= 0.3 is 11.9 Å². The molecule has 0 spiro atoms. The highest BCUT2D eigenvalue weighted by Crippen LogP contribution is 2.13. The summed E-state index contributed by atoms with van der Waals surface area (Å²) in [6.07, 6.45) is -0.684. The highest BCUT2D eigenvalue weighted by atomic mass is 16.5. The molecule has 0 heterocycles. The minimum atomic E-state index is -1.25. The first-order valence-electron chi connectivity index (χ1n) is 6.28. The number of rotatable bonds is 6. The lowest BCUT2D eigenvalue weighted by Gasteiger charge is -2.27. The third-order valence-electron chi connectivity index (χ3n) is 2.97. The Balaban J connectivity index is 2.95. The van der Waals surface area contributed by atoms with E-state index in [1.165, 1.54) is 18.9 Å². The summed E-state index contributed by atoms with van der Waals surface area (Å²) < 4.78 is 4.60. The molecule has 0 bridgehead atoms. The van der Waals surface area contributed by atoms with E-state index in [2.05, 4.69) is 4.74 Å². The highest BCUT2D eigenvalue weighted by molar-refractivity contribution is 5.95. The Morgan fingerprint density at radius 3 is 2.33 bits per heavy atom. The number of anilines is 1. The Morgan fingerprint density at radius 1 is 1.29 bits per heavy atom. The summed E-state index contributed by atoms with van der Waals surface area (Å²) in [7, 11) is 1.21. The van der Waals surface area contributed by atoms with Gasteiger partial charge in [0.05, 0.1) is 7.11 Å². The van der Waals surface area contributed by atoms with Gasteiger partial charge < -0.3 is 20.5 Å². The van der Waals surface area contributed by atoms with Gasteiger partial charge in [0, 0.05) is 12.2 Å². The van der Waals surface area contributed by atoms with E-state index in [0.717, 1.165) is 5.56 Å². The molecule has 0 saturated carbocycles. The zero-order valence-corrected chi connectivity index (χ0v) is 11.9. The lowest BCUT2D eigenvalue weighted by atomic mass is 10.1. The number of hydrogen-bond donors (Lipinski definition) is 2. The van der Waals surface area contributed by atoms with Crippen LogP contribution in [0, 0.1) is 0 Å². The van der Waals surface area contributed by atoms with E-state index in [-0.39, 0.29) is 6.54 Å². The summed E-state index contributed by atoms with van der Waals surface area (Å²) in [5.74, 6) is -2.51. The zero-order chi connectivity index (χ0) is 16.0. The van der Waals surface area contributed by atoms with E-state index in [1.807, 2.05) is 0 Å². The maximum absolute atomic E-state index is 12.0. The molecule has 0 aliphatic carbocycles. The Morgan fingerprint density at radius 2 is 1.86 bits per heavy atom. The van der Waals surface area contributed by atoms with Crippen molar-refractivity contribution in [2.24, 2.45) is 0 Å². The maximum atomic E-state index is 12.0. The molecule has 1 aromatic carbocycles. The van der Waals surface area contributed by atoms with Crippen molar-refractivity contribution in [3.8, 4) is 0 Å². The van der Waals surface area contributed by atoms with Crippen molar-refractivity contribution in [3.05, 3.63) is 29.8 Å². The Hall–Kier alpha value is -2.57. The van der Waals surface area contributed by atoms with Crippen LogP contribution in [0.15, 0.2) is 24.3 Å². The number of hydrogen-bond acceptors (Lipinski definition) is 5. The number of carbonyl (C=O) groups excluding carboxylic acids is 2. The fourth-order valence-electron chi connectivity index (χ4n) is 1.79. The van der Waals surface area contributed by atoms with E-state index in [9.17, 15) is 14.4 Å². The molecule has 0 aliphatic heterocycles. The molecule has 1 atom stereocenters. The molecule has 114 valence electrons. The summed E-state index contributed by atoms with van der Waals surface area (Å²) in [6.45, 7) is 1.59. The number of benzene rings is 1. The van der Waals surface area contributed by atoms with Gasteiger partial charge in [0.15, 0.2) is 0 Å². The first kappa shape index (κ1) is 16.5. The molecule has 0 saturated heterocycles. The van der Waals surface area contributed by atoms with Gasteiger partial charge in [-0.1, -0.05) is 12.1 Å². The third-order valence-corrected chi connectivity index (χ3v) is 2.97. The third kappa shape index (κ3) is 4.79. The number of amides is 1. The van der Waals surface area contributed by atoms with E-state index in [0.29, 0.717) is 5.69 Å². The fourth-order valence-corrected chi connectivity index (χ4v) is 1.79. The van der Waals surface area contributed by atoms with Gasteiger partial charge in [0.2, 0.25) is 5.91 Å². The molecule has 1 amide bonds. The molecule has 1 rings (SSSR count). The summed E-state index contributed by atoms with van der Waals surface area (Å²) in [4.78, 5) is 35.5. The van der Waals surface area contributed by atoms with Crippen LogP contribution < -0.4 is 5.73 Å². The predicted molar refractivity (Wildman–Crippen MR) is 75.1 cm³/mol. The molecule has 1 unspecified atom stereocenters. The van der Waals surface area contributed by atoms with E-state index in [4.69, 9.17) is 10.8 Å². The topological polar surface area (TPSA) is 110 Å². The van der Waals surface area contributed by atoms with E-state index in [1.54, 1.807) is 24.3 Å². The van der Waals surface area contributed by atoms with E-state index < -0.39 is 30.3 Å². The maximum Gasteiger partial charge on any atom is 0.328 e. The molecular formula is C14H18N2O5. The van der Waals surface area contributed by atoms with Gasteiger partial charge in [-0.25, -0.2) is 4.79 Å². The summed E-state index contributed by atoms with van der Waals surface area (Å²) in [5, 5.41) is 8.73. The fraction of sp³-hybridized carbons (Fsp3) is 0.357. The molecule has 0 fully saturated rings. The van der Waals surface area contributed by atoms with Crippen molar-refractivity contribution in [1.29, 1.82) is 0 Å². The standard InChI is InChI=1S/C14H18N2O5/c1-9(14(20)21-2)16(12(17)7-13(18)19)8-10-3-5-11(15)6-4-10/h3-6,9H,7-8,15H2,1-2H3,(H,18,19). The van der Waals surface area contributed by atoms with Crippen molar-refractivity contribution in [1.82, 2.24) is 4.90 Å². The number of nitrogens with zero attached hydrogens (tertiary/aromatic N) is 1. The number of nitrogens with two attached hydrogens (primary N) is 1. The zero-order valence-electron chi connectivity index (χ0n) is 11.9. The van der Waals surface area contributed by atoms with Crippen molar-refractivity contribution in [2.45, 2.75) is 25.9 Å². The van der Waals surface area contributed by atoms with Crippen LogP contribution in [-0.2, 0) is 25.7 Å². The SMILES string of the molecule is COC(=O)C(C)N(Cc1ccc(N)cc1)C(=O)CC(=O)O. The van der Waals surface area contributed by atoms with Crippen LogP contribution in [-0.4, -0.2) is 41.0 Å². The van der Waals surface area contributed by atoms with Crippen LogP contribution in [0.3, 0.4) is 0 Å². The lowest BCUT2D eigenvalue weighted by Crippen LogP contribution is -2.44. The van der Waals surface area contributed by atoms with Gasteiger partial charge in [-0.15, -0.1) is 0 Å². The monoisotopic (exact) mass is 294 g/mol. The van der Waals surface area contributed by atoms with Crippen LogP contribution in [0.2, 0.25) is 0 Å². The first-order chi connectivity index (χ1) is 9.85. The second-order valence-corrected chi connectivity index (χ2v) is 4.53. The largest absolute Gasteiger partial charge is 0.481 e. The quantitative estimate of drug-likeness (QED) is 0.452. The summed E-state index contributed by atoms with van der Waals surface area (Å²) in [5.41, 5.74) is 6.89. The minimum Gasteiger partial charge on any atom is -0.481 e. The second-order valence-electron chi connectivity index (χ2n) is 4.53. The molecular weight excluding hydrogens is 276 g/mol. The van der Waals surface area contributed by atoms with Crippen LogP contribution in [0.1, 0.15) is 18.9 Å². The number of carboxylic acid groups (broad SMARTS) is 1. The van der Waals surface area contributed by atoms with Gasteiger partial charge in [-0.3, -0.25) is 9.59 Å². The van der Waals surface area contributed by atoms with Crippen LogP contribution >= 0.6 is 0 Å². The van der Waals surface area contributed by atoms with Gasteiger partial charge in [0.1, 0.15) is 12.5 Å². The first-order valence-corrected chi connectivity index (χ1v) is 6.28. The lowest BCUT2D eigenvalue weighted by molar-refractivity contribution is -0.155. The van der Waals surface area contributed by atoms with Crippen molar-refractivity contribution >= 4 is 23.5 Å². The molecule has 0 aliphatic rings. The number of nitrogen functional groups attached to an aromatic ring is 1. The second kappa shape index (κ2) is 7.28. The van der Waals surface area contributed by atoms with E-state index >= 15 is 0 Å². The van der Waals surface area contributed by atoms with Crippen molar-refractivity contribution in [2.75, 3.05) is 12.8 Å². The average molecular weight is 294 g/mol. The number of aliphatic carboxylic acids is 1. The van der Waals surface area contributed by atoms with Crippen LogP contribution in [0.4, 0.5) is 5.69 Å². The van der Waals surface area contributed by atoms with Gasteiger partial charge in [-0.05, 0) is 24.6 Å². The average Bonchev–Trinajstić information content (AvgIpc) is 2.44. The molecule has 7 heteroatoms. The molecule has 0 radical (unpaired) electrons. The molecule has 7 nitrogen and oxygen atoms in total. The highest BCUT2D eigenvalue weighted by Gasteiger charge is 2.27. The summed E-state index contributed by atoms with van der Waals surface area (Å²) >= 11 is 0. The summed E-state index contributed by atoms with van der Waals surface area (Å²) in [6, 6.07) is 5.87. The van der Waals surface area contributed by atoms with Crippen LogP contribution in [0.25, 0.3) is 0 Å². The van der Waals surface area contributed by atoms with Gasteiger partial charge in [-0.2, -0.15) is 0 Å². The Labute approximate surface area is 122 Å². The predicted octanol–water partition coefficient (Wildman–Crippen LogP) is 0.634. The Kier molecular flexibility index (Phi) is 5.71. The number of methoxy groups -OCH3 is 1. The normalized spacial score (nSPS) is 11.5. The number of ether oxygens (including phenoxy) is 1. The van der Waals surface area contributed by atoms with Gasteiger partial charge in [0.25, 0.3) is 0 Å². The number of esters is 1. The molecule has 21 heavy (non-hydrogen) atoms. The Bertz CT molecular complexity index is 527. The molecule has 3 N–H and O–H groups in total. The number of carbonyl (C=O) groups is 3. The number of carboxylic acids is 1. The molecule has 1 aromatic rings. The van der Waals surface area contributed by atoms with Crippen molar-refractivity contribution in [3.63, 3.8) is 0 Å². The van der Waals surface area contributed by atoms with Crippen LogP contribution in [0.5, 0.6) is 0 Å². The van der Waals surface area contributed by atoms with Crippen molar-refractivity contribution < 1.29 is 24.2 Å². The smallest absolute Gasteiger partial charge is 0.328 e. The molecule has 0 aromatic heterocycles.